The van der Waals surface area contributed by atoms with Gasteiger partial charge in [0.15, 0.2) is 5.16 Å². The second-order valence-corrected chi connectivity index (χ2v) is 8.66. The second kappa shape index (κ2) is 5.27. The molecule has 1 heterocycles. The maximum atomic E-state index is 6.45. The quantitative estimate of drug-likeness (QED) is 0.927. The fourth-order valence-electron chi connectivity index (χ4n) is 3.88. The highest BCUT2D eigenvalue weighted by Gasteiger charge is 2.39. The van der Waals surface area contributed by atoms with Crippen molar-refractivity contribution in [2.75, 3.05) is 0 Å². The van der Waals surface area contributed by atoms with E-state index in [-0.39, 0.29) is 0 Å². The van der Waals surface area contributed by atoms with Crippen molar-refractivity contribution in [3.8, 4) is 0 Å². The van der Waals surface area contributed by atoms with Crippen molar-refractivity contribution < 1.29 is 0 Å². The number of hydrogen-bond acceptors (Lipinski definition) is 4. The number of nitrogens with two attached hydrogens (primary N) is 1. The Hall–Kier alpha value is -0.550. The van der Waals surface area contributed by atoms with Crippen LogP contribution >= 0.6 is 11.8 Å². The first-order valence-electron chi connectivity index (χ1n) is 8.50. The molecule has 4 unspecified atom stereocenters. The summed E-state index contributed by atoms with van der Waals surface area (Å²) < 4.78 is 2.46. The fraction of sp³-hybridized carbons (Fsp3) is 0.875. The largest absolute Gasteiger partial charge is 0.327 e. The maximum absolute atomic E-state index is 6.45. The zero-order chi connectivity index (χ0) is 14.6. The Morgan fingerprint density at radius 3 is 2.48 bits per heavy atom. The molecule has 0 amide bonds. The van der Waals surface area contributed by atoms with E-state index in [4.69, 9.17) is 5.73 Å². The van der Waals surface area contributed by atoms with E-state index in [9.17, 15) is 0 Å². The lowest BCUT2D eigenvalue weighted by Crippen LogP contribution is -2.43. The molecule has 0 saturated heterocycles. The topological polar surface area (TPSA) is 56.7 Å². The van der Waals surface area contributed by atoms with Gasteiger partial charge in [0, 0.05) is 23.3 Å². The molecule has 116 valence electrons. The summed E-state index contributed by atoms with van der Waals surface area (Å²) in [7, 11) is 0. The Morgan fingerprint density at radius 2 is 1.86 bits per heavy atom. The SMILES string of the molecule is CC1CC(C)C(Sc2nnc(C3CC3)n2C2CC2)C(N)C1. The molecule has 3 aliphatic rings. The van der Waals surface area contributed by atoms with Crippen molar-refractivity contribution in [1.82, 2.24) is 14.8 Å². The molecule has 0 aromatic carbocycles. The lowest BCUT2D eigenvalue weighted by molar-refractivity contribution is 0.279. The molecule has 0 bridgehead atoms. The molecule has 1 aromatic rings. The molecule has 0 radical (unpaired) electrons. The Labute approximate surface area is 131 Å². The number of aromatic nitrogens is 3. The molecule has 5 heteroatoms. The summed E-state index contributed by atoms with van der Waals surface area (Å²) in [6.07, 6.45) is 7.63. The van der Waals surface area contributed by atoms with E-state index in [1.807, 2.05) is 11.8 Å². The van der Waals surface area contributed by atoms with E-state index in [1.54, 1.807) is 0 Å². The van der Waals surface area contributed by atoms with E-state index in [0.29, 0.717) is 29.2 Å². The van der Waals surface area contributed by atoms with E-state index in [2.05, 4.69) is 28.6 Å². The summed E-state index contributed by atoms with van der Waals surface area (Å²) in [5.41, 5.74) is 6.45. The smallest absolute Gasteiger partial charge is 0.191 e. The minimum absolute atomic E-state index is 0.294. The number of rotatable bonds is 4. The van der Waals surface area contributed by atoms with Gasteiger partial charge in [-0.3, -0.25) is 0 Å². The van der Waals surface area contributed by atoms with E-state index in [0.717, 1.165) is 17.5 Å². The Morgan fingerprint density at radius 1 is 1.10 bits per heavy atom. The van der Waals surface area contributed by atoms with E-state index < -0.39 is 0 Å². The highest BCUT2D eigenvalue weighted by molar-refractivity contribution is 7.99. The van der Waals surface area contributed by atoms with E-state index >= 15 is 0 Å². The van der Waals surface area contributed by atoms with Gasteiger partial charge < -0.3 is 10.3 Å². The van der Waals surface area contributed by atoms with Gasteiger partial charge in [-0.05, 0) is 50.4 Å². The van der Waals surface area contributed by atoms with Crippen LogP contribution in [-0.4, -0.2) is 26.1 Å². The fourth-order valence-corrected chi connectivity index (χ4v) is 5.19. The zero-order valence-electron chi connectivity index (χ0n) is 13.0. The minimum atomic E-state index is 0.294. The molecule has 1 aromatic heterocycles. The number of hydrogen-bond donors (Lipinski definition) is 1. The lowest BCUT2D eigenvalue weighted by Gasteiger charge is -2.36. The molecule has 4 atom stereocenters. The van der Waals surface area contributed by atoms with Crippen LogP contribution in [0.1, 0.15) is 70.2 Å². The lowest BCUT2D eigenvalue weighted by atomic mass is 9.80. The number of nitrogens with zero attached hydrogens (tertiary/aromatic N) is 3. The Balaban J connectivity index is 1.56. The predicted octanol–water partition coefficient (Wildman–Crippen LogP) is 3.34. The molecule has 2 N–H and O–H groups in total. The summed E-state index contributed by atoms with van der Waals surface area (Å²) in [6, 6.07) is 0.967. The van der Waals surface area contributed by atoms with Crippen molar-refractivity contribution in [3.63, 3.8) is 0 Å². The van der Waals surface area contributed by atoms with Crippen LogP contribution in [0.4, 0.5) is 0 Å². The van der Waals surface area contributed by atoms with Crippen LogP contribution < -0.4 is 5.73 Å². The van der Waals surface area contributed by atoms with Gasteiger partial charge in [0.05, 0.1) is 0 Å². The van der Waals surface area contributed by atoms with Crippen LogP contribution in [0, 0.1) is 11.8 Å². The van der Waals surface area contributed by atoms with Crippen molar-refractivity contribution >= 4 is 11.8 Å². The highest BCUT2D eigenvalue weighted by atomic mass is 32.2. The summed E-state index contributed by atoms with van der Waals surface area (Å²) in [6.45, 7) is 4.68. The van der Waals surface area contributed by atoms with Gasteiger partial charge in [-0.25, -0.2) is 0 Å². The van der Waals surface area contributed by atoms with Crippen LogP contribution in [0.15, 0.2) is 5.16 Å². The van der Waals surface area contributed by atoms with Gasteiger partial charge in [0.1, 0.15) is 5.82 Å². The minimum Gasteiger partial charge on any atom is -0.327 e. The van der Waals surface area contributed by atoms with Crippen molar-refractivity contribution in [2.24, 2.45) is 17.6 Å². The Bertz CT molecular complexity index is 508. The normalized spacial score (nSPS) is 36.9. The molecule has 4 nitrogen and oxygen atoms in total. The molecule has 4 rings (SSSR count). The standard InChI is InChI=1S/C16H26N4S/c1-9-7-10(2)14(13(17)8-9)21-16-19-18-15(11-3-4-11)20(16)12-5-6-12/h9-14H,3-8,17H2,1-2H3. The van der Waals surface area contributed by atoms with Crippen LogP contribution in [0.5, 0.6) is 0 Å². The van der Waals surface area contributed by atoms with Gasteiger partial charge in [-0.2, -0.15) is 0 Å². The molecule has 3 aliphatic carbocycles. The third kappa shape index (κ3) is 2.74. The van der Waals surface area contributed by atoms with Crippen LogP contribution in [0.3, 0.4) is 0 Å². The third-order valence-electron chi connectivity index (χ3n) is 5.22. The highest BCUT2D eigenvalue weighted by Crippen LogP contribution is 2.47. The maximum Gasteiger partial charge on any atom is 0.191 e. The van der Waals surface area contributed by atoms with Crippen molar-refractivity contribution in [1.29, 1.82) is 0 Å². The molecule has 3 saturated carbocycles. The molecular formula is C16H26N4S. The first kappa shape index (κ1) is 14.1. The first-order valence-corrected chi connectivity index (χ1v) is 9.38. The molecule has 3 fully saturated rings. The molecular weight excluding hydrogens is 280 g/mol. The predicted molar refractivity (Wildman–Crippen MR) is 85.5 cm³/mol. The van der Waals surface area contributed by atoms with Crippen LogP contribution in [0.2, 0.25) is 0 Å². The van der Waals surface area contributed by atoms with Gasteiger partial charge in [0.25, 0.3) is 0 Å². The number of thioether (sulfide) groups is 1. The second-order valence-electron chi connectivity index (χ2n) is 7.52. The van der Waals surface area contributed by atoms with Gasteiger partial charge >= 0.3 is 0 Å². The van der Waals surface area contributed by atoms with Gasteiger partial charge in [0.2, 0.25) is 0 Å². The third-order valence-corrected chi connectivity index (χ3v) is 6.79. The summed E-state index contributed by atoms with van der Waals surface area (Å²) in [5.74, 6) is 3.37. The molecule has 0 aliphatic heterocycles. The summed E-state index contributed by atoms with van der Waals surface area (Å²) >= 11 is 1.91. The van der Waals surface area contributed by atoms with Crippen molar-refractivity contribution in [2.45, 2.75) is 80.8 Å². The summed E-state index contributed by atoms with van der Waals surface area (Å²) in [4.78, 5) is 0. The van der Waals surface area contributed by atoms with Crippen LogP contribution in [-0.2, 0) is 0 Å². The van der Waals surface area contributed by atoms with Crippen LogP contribution in [0.25, 0.3) is 0 Å². The van der Waals surface area contributed by atoms with Gasteiger partial charge in [-0.1, -0.05) is 25.6 Å². The monoisotopic (exact) mass is 306 g/mol. The first-order chi connectivity index (χ1) is 10.1. The summed E-state index contributed by atoms with van der Waals surface area (Å²) in [5, 5.41) is 10.7. The zero-order valence-corrected chi connectivity index (χ0v) is 13.9. The molecule has 21 heavy (non-hydrogen) atoms. The van der Waals surface area contributed by atoms with E-state index in [1.165, 1.54) is 37.9 Å². The Kier molecular flexibility index (Phi) is 3.53. The average Bonchev–Trinajstić information content (AvgIpc) is 3.32. The van der Waals surface area contributed by atoms with Crippen molar-refractivity contribution in [3.05, 3.63) is 5.82 Å². The van der Waals surface area contributed by atoms with Gasteiger partial charge in [-0.15, -0.1) is 10.2 Å². The molecule has 0 spiro atoms. The average molecular weight is 306 g/mol.